The summed E-state index contributed by atoms with van der Waals surface area (Å²) in [6.07, 6.45) is -4.13. The summed E-state index contributed by atoms with van der Waals surface area (Å²) >= 11 is 7.28. The van der Waals surface area contributed by atoms with Crippen molar-refractivity contribution in [1.82, 2.24) is 5.32 Å². The van der Waals surface area contributed by atoms with Crippen molar-refractivity contribution in [3.8, 4) is 16.2 Å². The van der Waals surface area contributed by atoms with Crippen LogP contribution in [0, 0.1) is 6.92 Å². The van der Waals surface area contributed by atoms with Crippen LogP contribution in [0.25, 0.3) is 10.4 Å². The molecule has 2 heterocycles. The first-order valence-electron chi connectivity index (χ1n) is 10.4. The van der Waals surface area contributed by atoms with E-state index in [4.69, 9.17) is 16.3 Å². The number of hydrogen-bond acceptors (Lipinski definition) is 5. The highest BCUT2D eigenvalue weighted by molar-refractivity contribution is 7.94. The van der Waals surface area contributed by atoms with Crippen LogP contribution in [-0.2, 0) is 16.2 Å². The summed E-state index contributed by atoms with van der Waals surface area (Å²) < 4.78 is 74.8. The number of alkyl halides is 3. The Hall–Kier alpha value is -2.27. The van der Waals surface area contributed by atoms with E-state index in [1.165, 1.54) is 6.07 Å². The molecule has 1 atom stereocenters. The molecule has 0 bridgehead atoms. The van der Waals surface area contributed by atoms with Gasteiger partial charge in [0.25, 0.3) is 10.0 Å². The summed E-state index contributed by atoms with van der Waals surface area (Å²) in [5, 5.41) is 3.33. The molecule has 0 unspecified atom stereocenters. The molecular weight excluding hydrogens is 509 g/mol. The second-order valence-electron chi connectivity index (χ2n) is 8.40. The Balaban J connectivity index is 1.64. The highest BCUT2D eigenvalue weighted by Gasteiger charge is 2.38. The zero-order valence-corrected chi connectivity index (χ0v) is 20.7. The molecule has 1 aromatic heterocycles. The Labute approximate surface area is 205 Å². The van der Waals surface area contributed by atoms with Crippen molar-refractivity contribution in [2.24, 2.45) is 0 Å². The van der Waals surface area contributed by atoms with E-state index < -0.39 is 33.1 Å². The molecule has 1 saturated heterocycles. The quantitative estimate of drug-likeness (QED) is 0.391. The Morgan fingerprint density at radius 1 is 1.15 bits per heavy atom. The molecular formula is C23H22ClF3N2O3S2. The fraction of sp³-hybridized carbons (Fsp3) is 0.304. The zero-order chi connectivity index (χ0) is 24.7. The third kappa shape index (κ3) is 5.35. The summed E-state index contributed by atoms with van der Waals surface area (Å²) in [5.41, 5.74) is -0.0237. The Kier molecular flexibility index (Phi) is 6.63. The number of benzene rings is 2. The minimum Gasteiger partial charge on any atom is -0.485 e. The largest absolute Gasteiger partial charge is 0.485 e. The molecule has 1 fully saturated rings. The van der Waals surface area contributed by atoms with E-state index in [1.807, 2.05) is 31.2 Å². The maximum absolute atomic E-state index is 13.6. The average Bonchev–Trinajstić information content (AvgIpc) is 3.34. The van der Waals surface area contributed by atoms with Gasteiger partial charge in [0.05, 0.1) is 21.2 Å². The second kappa shape index (κ2) is 9.07. The lowest BCUT2D eigenvalue weighted by atomic mass is 10.1. The molecule has 34 heavy (non-hydrogen) atoms. The highest BCUT2D eigenvalue weighted by atomic mass is 35.5. The minimum absolute atomic E-state index is 0.0426. The molecule has 3 aromatic rings. The van der Waals surface area contributed by atoms with Crippen LogP contribution in [0.5, 0.6) is 5.75 Å². The molecule has 0 saturated carbocycles. The van der Waals surface area contributed by atoms with Gasteiger partial charge in [-0.05, 0) is 44.2 Å². The fourth-order valence-corrected chi connectivity index (χ4v) is 6.51. The van der Waals surface area contributed by atoms with Crippen LogP contribution in [-0.4, -0.2) is 27.1 Å². The molecule has 11 heteroatoms. The molecule has 0 radical (unpaired) electrons. The van der Waals surface area contributed by atoms with Gasteiger partial charge >= 0.3 is 6.18 Å². The number of anilines is 1. The molecule has 4 rings (SSSR count). The Morgan fingerprint density at radius 3 is 2.47 bits per heavy atom. The number of ether oxygens (including phenoxy) is 1. The molecule has 1 aliphatic heterocycles. The molecule has 2 aromatic carbocycles. The van der Waals surface area contributed by atoms with Crippen molar-refractivity contribution >= 4 is 38.6 Å². The Bertz CT molecular complexity index is 1300. The summed E-state index contributed by atoms with van der Waals surface area (Å²) in [5.74, 6) is -0.427. The van der Waals surface area contributed by atoms with Gasteiger partial charge in [0.15, 0.2) is 0 Å². The second-order valence-corrected chi connectivity index (χ2v) is 11.8. The van der Waals surface area contributed by atoms with Crippen LogP contribution in [0.15, 0.2) is 52.7 Å². The normalized spacial score (nSPS) is 18.8. The first kappa shape index (κ1) is 24.8. The van der Waals surface area contributed by atoms with E-state index in [0.29, 0.717) is 24.4 Å². The average molecular weight is 531 g/mol. The first-order valence-corrected chi connectivity index (χ1v) is 13.0. The number of halogens is 4. The molecule has 0 spiro atoms. The van der Waals surface area contributed by atoms with Crippen LogP contribution in [0.3, 0.4) is 0 Å². The first-order chi connectivity index (χ1) is 15.9. The summed E-state index contributed by atoms with van der Waals surface area (Å²) in [4.78, 5) is 0.583. The predicted molar refractivity (Wildman–Crippen MR) is 128 cm³/mol. The van der Waals surface area contributed by atoms with Crippen LogP contribution < -0.4 is 14.8 Å². The topological polar surface area (TPSA) is 67.4 Å². The van der Waals surface area contributed by atoms with Gasteiger partial charge in [-0.1, -0.05) is 41.4 Å². The molecule has 5 nitrogen and oxygen atoms in total. The summed E-state index contributed by atoms with van der Waals surface area (Å²) in [6, 6.07) is 11.8. The van der Waals surface area contributed by atoms with Crippen molar-refractivity contribution in [3.05, 3.63) is 64.7 Å². The van der Waals surface area contributed by atoms with E-state index in [2.05, 4.69) is 10.0 Å². The van der Waals surface area contributed by atoms with Gasteiger partial charge in [-0.3, -0.25) is 4.72 Å². The minimum atomic E-state index is -4.65. The van der Waals surface area contributed by atoms with Crippen molar-refractivity contribution < 1.29 is 26.3 Å². The number of sulfonamides is 1. The van der Waals surface area contributed by atoms with Gasteiger partial charge in [-0.15, -0.1) is 11.3 Å². The molecule has 0 aliphatic carbocycles. The van der Waals surface area contributed by atoms with Gasteiger partial charge in [0, 0.05) is 19.0 Å². The lowest BCUT2D eigenvalue weighted by Gasteiger charge is -2.27. The van der Waals surface area contributed by atoms with E-state index in [-0.39, 0.29) is 14.9 Å². The summed E-state index contributed by atoms with van der Waals surface area (Å²) in [6.45, 7) is 4.65. The van der Waals surface area contributed by atoms with E-state index in [1.54, 1.807) is 6.92 Å². The number of nitrogens with one attached hydrogen (secondary N) is 2. The lowest BCUT2D eigenvalue weighted by Crippen LogP contribution is -2.35. The number of hydrogen-bond donors (Lipinski definition) is 2. The maximum atomic E-state index is 13.6. The van der Waals surface area contributed by atoms with E-state index in [0.717, 1.165) is 40.7 Å². The lowest BCUT2D eigenvalue weighted by molar-refractivity contribution is -0.139. The van der Waals surface area contributed by atoms with Crippen LogP contribution in [0.1, 0.15) is 24.5 Å². The van der Waals surface area contributed by atoms with E-state index >= 15 is 0 Å². The van der Waals surface area contributed by atoms with Crippen molar-refractivity contribution in [3.63, 3.8) is 0 Å². The standard InChI is InChI=1S/C23H22ClF3N2O3S2/c1-14-3-5-15(6-4-14)21-18(24)12-20(33-21)34(30,31)29-16-7-8-17(23(25,26)27)19(11-16)32-22(2)9-10-28-13-22/h3-8,11-12,28-29H,9-10,13H2,1-2H3/t22-/m1/s1. The maximum Gasteiger partial charge on any atom is 0.419 e. The molecule has 2 N–H and O–H groups in total. The van der Waals surface area contributed by atoms with Crippen molar-refractivity contribution in [1.29, 1.82) is 0 Å². The fourth-order valence-electron chi connectivity index (χ4n) is 3.64. The van der Waals surface area contributed by atoms with Gasteiger partial charge in [-0.25, -0.2) is 8.42 Å². The van der Waals surface area contributed by atoms with Crippen LogP contribution in [0.4, 0.5) is 18.9 Å². The molecule has 1 aliphatic rings. The van der Waals surface area contributed by atoms with Crippen molar-refractivity contribution in [2.45, 2.75) is 36.3 Å². The van der Waals surface area contributed by atoms with Gasteiger partial charge in [0.1, 0.15) is 15.6 Å². The predicted octanol–water partition coefficient (Wildman–Crippen LogP) is 6.33. The summed E-state index contributed by atoms with van der Waals surface area (Å²) in [7, 11) is -4.10. The van der Waals surface area contributed by atoms with Crippen LogP contribution in [0.2, 0.25) is 5.02 Å². The highest BCUT2D eigenvalue weighted by Crippen LogP contribution is 2.42. The third-order valence-electron chi connectivity index (χ3n) is 5.47. The SMILES string of the molecule is Cc1ccc(-c2sc(S(=O)(=O)Nc3ccc(C(F)(F)F)c(O[C@]4(C)CCNC4)c3)cc2Cl)cc1. The number of rotatable bonds is 6. The van der Waals surface area contributed by atoms with Gasteiger partial charge in [-0.2, -0.15) is 13.2 Å². The monoisotopic (exact) mass is 530 g/mol. The molecule has 182 valence electrons. The molecule has 0 amide bonds. The van der Waals surface area contributed by atoms with Crippen LogP contribution >= 0.6 is 22.9 Å². The smallest absolute Gasteiger partial charge is 0.419 e. The van der Waals surface area contributed by atoms with Gasteiger partial charge in [0.2, 0.25) is 0 Å². The Morgan fingerprint density at radius 2 is 1.85 bits per heavy atom. The third-order valence-corrected chi connectivity index (χ3v) is 8.92. The zero-order valence-electron chi connectivity index (χ0n) is 18.3. The number of thiophene rings is 1. The number of aryl methyl sites for hydroxylation is 1. The van der Waals surface area contributed by atoms with Gasteiger partial charge < -0.3 is 10.1 Å². The van der Waals surface area contributed by atoms with Crippen molar-refractivity contribution in [2.75, 3.05) is 17.8 Å². The van der Waals surface area contributed by atoms with E-state index in [9.17, 15) is 21.6 Å².